The molecule has 0 atom stereocenters. The molecule has 2 aromatic carbocycles. The molecular weight excluding hydrogens is 366 g/mol. The lowest BCUT2D eigenvalue weighted by Gasteiger charge is -2.17. The van der Waals surface area contributed by atoms with Crippen LogP contribution in [0, 0.1) is 0 Å². The van der Waals surface area contributed by atoms with E-state index < -0.39 is 11.7 Å². The molecule has 4 aromatic rings. The highest BCUT2D eigenvalue weighted by Gasteiger charge is 2.19. The summed E-state index contributed by atoms with van der Waals surface area (Å²) in [7, 11) is 0. The summed E-state index contributed by atoms with van der Waals surface area (Å²) in [6.45, 7) is 1.31. The molecule has 6 nitrogen and oxygen atoms in total. The Kier molecular flexibility index (Phi) is 4.58. The van der Waals surface area contributed by atoms with E-state index >= 15 is 0 Å². The summed E-state index contributed by atoms with van der Waals surface area (Å²) < 4.78 is 0. The van der Waals surface area contributed by atoms with E-state index in [1.54, 1.807) is 36.5 Å². The van der Waals surface area contributed by atoms with Crippen LogP contribution in [-0.4, -0.2) is 26.1 Å². The van der Waals surface area contributed by atoms with Gasteiger partial charge in [0.15, 0.2) is 5.79 Å². The van der Waals surface area contributed by atoms with Crippen LogP contribution in [0.3, 0.4) is 0 Å². The zero-order valence-electron chi connectivity index (χ0n) is 15.7. The zero-order valence-corrected chi connectivity index (χ0v) is 15.7. The highest BCUT2D eigenvalue weighted by molar-refractivity contribution is 5.96. The smallest absolute Gasteiger partial charge is 0.267 e. The van der Waals surface area contributed by atoms with Crippen molar-refractivity contribution >= 4 is 16.8 Å². The third kappa shape index (κ3) is 3.71. The van der Waals surface area contributed by atoms with Crippen LogP contribution >= 0.6 is 0 Å². The van der Waals surface area contributed by atoms with E-state index in [1.165, 1.54) is 6.92 Å². The number of hydrogen-bond donors (Lipinski definition) is 3. The summed E-state index contributed by atoms with van der Waals surface area (Å²) in [6.07, 6.45) is 1.59. The Hall–Kier alpha value is -3.61. The van der Waals surface area contributed by atoms with Crippen LogP contribution in [0.2, 0.25) is 0 Å². The van der Waals surface area contributed by atoms with Crippen molar-refractivity contribution in [3.05, 3.63) is 84.2 Å². The van der Waals surface area contributed by atoms with Crippen LogP contribution in [0.15, 0.2) is 72.9 Å². The van der Waals surface area contributed by atoms with Crippen molar-refractivity contribution in [1.29, 1.82) is 0 Å². The van der Waals surface area contributed by atoms with Crippen LogP contribution in [0.1, 0.15) is 23.0 Å². The van der Waals surface area contributed by atoms with Gasteiger partial charge in [-0.2, -0.15) is 0 Å². The Balaban J connectivity index is 1.95. The van der Waals surface area contributed by atoms with E-state index in [-0.39, 0.29) is 5.69 Å². The van der Waals surface area contributed by atoms with Gasteiger partial charge in [-0.3, -0.25) is 9.78 Å². The van der Waals surface area contributed by atoms with E-state index in [0.717, 1.165) is 22.1 Å². The molecule has 29 heavy (non-hydrogen) atoms. The van der Waals surface area contributed by atoms with Gasteiger partial charge in [-0.1, -0.05) is 54.6 Å². The number of fused-ring (bicyclic) bond motifs is 1. The summed E-state index contributed by atoms with van der Waals surface area (Å²) >= 11 is 0. The number of rotatable bonds is 4. The molecule has 0 aliphatic rings. The van der Waals surface area contributed by atoms with E-state index in [9.17, 15) is 15.0 Å². The molecule has 0 fully saturated rings. The topological polar surface area (TPSA) is 109 Å². The van der Waals surface area contributed by atoms with E-state index in [1.807, 2.05) is 36.4 Å². The lowest BCUT2D eigenvalue weighted by Crippen LogP contribution is -2.19. The molecule has 0 aliphatic heterocycles. The molecule has 0 spiro atoms. The number of carbonyl (C=O) groups excluding carboxylic acids is 1. The number of nitrogens with two attached hydrogens (primary N) is 1. The third-order valence-corrected chi connectivity index (χ3v) is 4.74. The van der Waals surface area contributed by atoms with Crippen molar-refractivity contribution in [3.63, 3.8) is 0 Å². The van der Waals surface area contributed by atoms with Crippen molar-refractivity contribution < 1.29 is 15.0 Å². The molecule has 2 heterocycles. The fourth-order valence-corrected chi connectivity index (χ4v) is 3.20. The van der Waals surface area contributed by atoms with Crippen LogP contribution in [0.25, 0.3) is 33.3 Å². The molecular formula is C23H19N3O3. The van der Waals surface area contributed by atoms with Crippen molar-refractivity contribution in [2.45, 2.75) is 12.7 Å². The van der Waals surface area contributed by atoms with Crippen LogP contribution in [0.4, 0.5) is 0 Å². The second-order valence-corrected chi connectivity index (χ2v) is 6.98. The maximum atomic E-state index is 11.5. The summed E-state index contributed by atoms with van der Waals surface area (Å²) in [6, 6.07) is 20.2. The van der Waals surface area contributed by atoms with Gasteiger partial charge >= 0.3 is 0 Å². The van der Waals surface area contributed by atoms with Gasteiger partial charge in [-0.25, -0.2) is 4.98 Å². The van der Waals surface area contributed by atoms with Gasteiger partial charge in [0.2, 0.25) is 0 Å². The summed E-state index contributed by atoms with van der Waals surface area (Å²) in [5.41, 5.74) is 9.87. The molecule has 6 heteroatoms. The van der Waals surface area contributed by atoms with Crippen LogP contribution in [0.5, 0.6) is 0 Å². The number of carbonyl (C=O) groups is 1. The van der Waals surface area contributed by atoms with Crippen molar-refractivity contribution in [2.75, 3.05) is 0 Å². The van der Waals surface area contributed by atoms with Crippen molar-refractivity contribution in [2.24, 2.45) is 5.73 Å². The molecule has 4 N–H and O–H groups in total. The summed E-state index contributed by atoms with van der Waals surface area (Å²) in [5, 5.41) is 20.4. The summed E-state index contributed by atoms with van der Waals surface area (Å²) in [5.74, 6) is -2.53. The Bertz CT molecular complexity index is 1200. The van der Waals surface area contributed by atoms with Gasteiger partial charge in [-0.05, 0) is 24.6 Å². The molecule has 1 amide bonds. The molecule has 0 aliphatic carbocycles. The first-order valence-corrected chi connectivity index (χ1v) is 9.04. The summed E-state index contributed by atoms with van der Waals surface area (Å²) in [4.78, 5) is 20.4. The predicted octanol–water partition coefficient (Wildman–Crippen LogP) is 3.22. The van der Waals surface area contributed by atoms with Crippen LogP contribution < -0.4 is 5.73 Å². The average molecular weight is 385 g/mol. The van der Waals surface area contributed by atoms with Crippen molar-refractivity contribution in [1.82, 2.24) is 9.97 Å². The fourth-order valence-electron chi connectivity index (χ4n) is 3.20. The molecule has 144 valence electrons. The number of nitrogens with zero attached hydrogens (tertiary/aromatic N) is 2. The molecule has 0 unspecified atom stereocenters. The second-order valence-electron chi connectivity index (χ2n) is 6.98. The lowest BCUT2D eigenvalue weighted by atomic mass is 9.96. The van der Waals surface area contributed by atoms with E-state index in [0.29, 0.717) is 16.8 Å². The van der Waals surface area contributed by atoms with Gasteiger partial charge in [-0.15, -0.1) is 0 Å². The fraction of sp³-hybridized carbons (Fsp3) is 0.0870. The quantitative estimate of drug-likeness (QED) is 0.467. The van der Waals surface area contributed by atoms with Gasteiger partial charge in [0.1, 0.15) is 5.69 Å². The number of aromatic nitrogens is 2. The molecule has 0 bridgehead atoms. The van der Waals surface area contributed by atoms with E-state index in [4.69, 9.17) is 10.7 Å². The van der Waals surface area contributed by atoms with Gasteiger partial charge in [0, 0.05) is 28.3 Å². The van der Waals surface area contributed by atoms with Gasteiger partial charge in [0.25, 0.3) is 5.91 Å². The van der Waals surface area contributed by atoms with Crippen LogP contribution in [-0.2, 0) is 5.79 Å². The zero-order chi connectivity index (χ0) is 20.6. The maximum absolute atomic E-state index is 11.5. The molecule has 0 saturated heterocycles. The molecule has 2 aromatic heterocycles. The second kappa shape index (κ2) is 7.09. The first-order chi connectivity index (χ1) is 13.8. The Morgan fingerprint density at radius 1 is 0.966 bits per heavy atom. The Morgan fingerprint density at radius 3 is 2.28 bits per heavy atom. The largest absolute Gasteiger partial charge is 0.364 e. The average Bonchev–Trinajstić information content (AvgIpc) is 2.72. The molecule has 0 saturated carbocycles. The number of amides is 1. The molecule has 4 rings (SSSR count). The normalized spacial score (nSPS) is 11.6. The minimum Gasteiger partial charge on any atom is -0.364 e. The van der Waals surface area contributed by atoms with E-state index in [2.05, 4.69) is 4.98 Å². The maximum Gasteiger partial charge on any atom is 0.267 e. The minimum atomic E-state index is -1.92. The lowest BCUT2D eigenvalue weighted by molar-refractivity contribution is -0.152. The Morgan fingerprint density at radius 2 is 1.66 bits per heavy atom. The molecule has 0 radical (unpaired) electrons. The van der Waals surface area contributed by atoms with Crippen molar-refractivity contribution in [3.8, 4) is 22.4 Å². The van der Waals surface area contributed by atoms with Gasteiger partial charge in [0.05, 0.1) is 11.2 Å². The SMILES string of the molecule is CC(O)(O)c1ccc(-c2nc3cc(C(N)=O)ncc3cc2-c2ccccc2)cc1. The first kappa shape index (κ1) is 18.7. The number of primary amides is 1. The monoisotopic (exact) mass is 385 g/mol. The first-order valence-electron chi connectivity index (χ1n) is 9.04. The van der Waals surface area contributed by atoms with Gasteiger partial charge < -0.3 is 15.9 Å². The number of benzene rings is 2. The Labute approximate surface area is 167 Å². The third-order valence-electron chi connectivity index (χ3n) is 4.74. The highest BCUT2D eigenvalue weighted by atomic mass is 16.5. The predicted molar refractivity (Wildman–Crippen MR) is 111 cm³/mol. The standard InChI is InChI=1S/C23H19N3O3/c1-23(28,29)17-9-7-15(8-10-17)21-18(14-5-3-2-4-6-14)11-16-13-25-20(22(24)27)12-19(16)26-21/h2-13,28-29H,1H3,(H2,24,27). The number of aliphatic hydroxyl groups is 2. The number of pyridine rings is 2. The number of hydrogen-bond acceptors (Lipinski definition) is 5. The highest BCUT2D eigenvalue weighted by Crippen LogP contribution is 2.34. The minimum absolute atomic E-state index is 0.148.